The van der Waals surface area contributed by atoms with Crippen LogP contribution in [0.25, 0.3) is 22.0 Å². The molecule has 0 N–H and O–H groups in total. The molecule has 1 aromatic heterocycles. The first-order chi connectivity index (χ1) is 13.2. The molecule has 27 heavy (non-hydrogen) atoms. The van der Waals surface area contributed by atoms with E-state index >= 15 is 0 Å². The van der Waals surface area contributed by atoms with Crippen LogP contribution in [0.4, 0.5) is 0 Å². The van der Waals surface area contributed by atoms with Gasteiger partial charge < -0.3 is 9.09 Å². The van der Waals surface area contributed by atoms with Crippen LogP contribution in [-0.2, 0) is 11.1 Å². The van der Waals surface area contributed by atoms with Crippen molar-refractivity contribution in [2.24, 2.45) is 0 Å². The molecule has 0 fully saturated rings. The van der Waals surface area contributed by atoms with E-state index in [1.165, 1.54) is 5.56 Å². The first-order valence-corrected chi connectivity index (χ1v) is 9.77. The lowest BCUT2D eigenvalue weighted by Crippen LogP contribution is -2.10. The highest BCUT2D eigenvalue weighted by Gasteiger charge is 2.22. The number of benzene rings is 3. The Balaban J connectivity index is 1.81. The smallest absolute Gasteiger partial charge is 0.358 e. The lowest BCUT2D eigenvalue weighted by atomic mass is 10.0. The van der Waals surface area contributed by atoms with Crippen molar-refractivity contribution >= 4 is 42.3 Å². The average molecular weight is 438 g/mol. The van der Waals surface area contributed by atoms with Crippen molar-refractivity contribution < 1.29 is 9.32 Å². The zero-order valence-electron chi connectivity index (χ0n) is 14.4. The van der Waals surface area contributed by atoms with Crippen LogP contribution in [0.15, 0.2) is 83.3 Å². The quantitative estimate of drug-likeness (QED) is 0.363. The van der Waals surface area contributed by atoms with E-state index in [1.807, 2.05) is 62.6 Å². The summed E-state index contributed by atoms with van der Waals surface area (Å²) in [6, 6.07) is 26.6. The van der Waals surface area contributed by atoms with Crippen molar-refractivity contribution in [3.63, 3.8) is 0 Å². The zero-order chi connectivity index (χ0) is 18.8. The molecular formula is C22H17BrNO2P. The predicted octanol–water partition coefficient (Wildman–Crippen LogP) is 6.07. The van der Waals surface area contributed by atoms with Gasteiger partial charge in [-0.1, -0.05) is 66.7 Å². The highest BCUT2D eigenvalue weighted by Crippen LogP contribution is 2.33. The second-order valence-electron chi connectivity index (χ2n) is 6.24. The third-order valence-electron chi connectivity index (χ3n) is 4.58. The van der Waals surface area contributed by atoms with Gasteiger partial charge in [0, 0.05) is 11.9 Å². The summed E-state index contributed by atoms with van der Waals surface area (Å²) in [6.45, 7) is 0.571. The topological polar surface area (TPSA) is 31.2 Å². The third kappa shape index (κ3) is 3.43. The molecule has 0 aliphatic carbocycles. The van der Waals surface area contributed by atoms with Gasteiger partial charge in [0.1, 0.15) is 5.69 Å². The number of hydrogen-bond acceptors (Lipinski definition) is 2. The van der Waals surface area contributed by atoms with Gasteiger partial charge in [0.2, 0.25) is 0 Å². The second-order valence-corrected chi connectivity index (χ2v) is 7.27. The molecule has 1 unspecified atom stereocenters. The van der Waals surface area contributed by atoms with Crippen molar-refractivity contribution in [2.75, 3.05) is 0 Å². The van der Waals surface area contributed by atoms with Gasteiger partial charge in [-0.3, -0.25) is 0 Å². The van der Waals surface area contributed by atoms with Crippen LogP contribution in [0.1, 0.15) is 16.1 Å². The van der Waals surface area contributed by atoms with Crippen molar-refractivity contribution in [3.8, 4) is 11.1 Å². The van der Waals surface area contributed by atoms with E-state index < -0.39 is 0 Å². The first-order valence-electron chi connectivity index (χ1n) is 8.51. The number of para-hydroxylation sites is 1. The Kier molecular flexibility index (Phi) is 5.11. The number of carbonyl (C=O) groups excluding carboxylic acids is 1. The molecule has 3 nitrogen and oxygen atoms in total. The Labute approximate surface area is 168 Å². The van der Waals surface area contributed by atoms with E-state index in [1.54, 1.807) is 0 Å². The minimum absolute atomic E-state index is 0.387. The molecule has 1 atom stereocenters. The second kappa shape index (κ2) is 7.67. The monoisotopic (exact) mass is 437 g/mol. The van der Waals surface area contributed by atoms with Crippen molar-refractivity contribution in [1.29, 1.82) is 0 Å². The largest absolute Gasteiger partial charge is 0.447 e. The molecule has 0 spiro atoms. The number of carbonyl (C=O) groups is 1. The van der Waals surface area contributed by atoms with Gasteiger partial charge in [-0.05, 0) is 44.8 Å². The van der Waals surface area contributed by atoms with E-state index in [4.69, 9.17) is 4.52 Å². The van der Waals surface area contributed by atoms with Gasteiger partial charge in [-0.25, -0.2) is 4.79 Å². The number of nitrogens with zero attached hydrogens (tertiary/aromatic N) is 1. The fourth-order valence-corrected chi connectivity index (χ4v) is 4.17. The minimum atomic E-state index is -0.387. The molecule has 0 saturated heterocycles. The van der Waals surface area contributed by atoms with Gasteiger partial charge in [0.15, 0.2) is 0 Å². The first kappa shape index (κ1) is 18.0. The fourth-order valence-electron chi connectivity index (χ4n) is 3.34. The summed E-state index contributed by atoms with van der Waals surface area (Å²) < 4.78 is 7.70. The summed E-state index contributed by atoms with van der Waals surface area (Å²) >= 11 is 3.58. The molecule has 4 rings (SSSR count). The van der Waals surface area contributed by atoms with Gasteiger partial charge >= 0.3 is 5.97 Å². The van der Waals surface area contributed by atoms with Crippen LogP contribution in [0, 0.1) is 0 Å². The summed E-state index contributed by atoms with van der Waals surface area (Å²) in [4.78, 5) is 12.4. The van der Waals surface area contributed by atoms with Gasteiger partial charge in [0.05, 0.1) is 19.5 Å². The molecular weight excluding hydrogens is 421 g/mol. The Hall–Kier alpha value is -2.42. The number of halogens is 1. The summed E-state index contributed by atoms with van der Waals surface area (Å²) in [5.74, 6) is -0.387. The van der Waals surface area contributed by atoms with Crippen molar-refractivity contribution in [1.82, 2.24) is 4.57 Å². The lowest BCUT2D eigenvalue weighted by molar-refractivity contribution is 0.0754. The van der Waals surface area contributed by atoms with Gasteiger partial charge in [-0.15, -0.1) is 0 Å². The Morgan fingerprint density at radius 1 is 0.926 bits per heavy atom. The standard InChI is InChI=1S/C22H17BrNO2P/c23-20-18-11-4-5-12-19(18)24(21(20)22(25)26-27)14-15-7-6-10-17(13-15)16-8-2-1-3-9-16/h1-13H,14,27H2. The van der Waals surface area contributed by atoms with Crippen LogP contribution in [0.5, 0.6) is 0 Å². The summed E-state index contributed by atoms with van der Waals surface area (Å²) in [7, 11) is 2.04. The zero-order valence-corrected chi connectivity index (χ0v) is 17.2. The normalized spacial score (nSPS) is 10.9. The van der Waals surface area contributed by atoms with E-state index in [9.17, 15) is 4.79 Å². The average Bonchev–Trinajstić information content (AvgIpc) is 3.00. The molecule has 0 saturated carbocycles. The Morgan fingerprint density at radius 3 is 2.41 bits per heavy atom. The SMILES string of the molecule is O=C(OP)c1c(Br)c2ccccc2n1Cc1cccc(-c2ccccc2)c1. The predicted molar refractivity (Wildman–Crippen MR) is 116 cm³/mol. The lowest BCUT2D eigenvalue weighted by Gasteiger charge is -2.11. The van der Waals surface area contributed by atoms with Gasteiger partial charge in [-0.2, -0.15) is 0 Å². The summed E-state index contributed by atoms with van der Waals surface area (Å²) in [5.41, 5.74) is 4.93. The number of aromatic nitrogens is 1. The van der Waals surface area contributed by atoms with Crippen LogP contribution in [-0.4, -0.2) is 10.5 Å². The number of rotatable bonds is 4. The maximum atomic E-state index is 12.4. The maximum absolute atomic E-state index is 12.4. The van der Waals surface area contributed by atoms with E-state index in [-0.39, 0.29) is 5.97 Å². The van der Waals surface area contributed by atoms with Crippen LogP contribution >= 0.6 is 25.4 Å². The molecule has 4 aromatic rings. The third-order valence-corrected chi connectivity index (χ3v) is 5.60. The van der Waals surface area contributed by atoms with Crippen LogP contribution < -0.4 is 0 Å². The molecule has 0 aliphatic heterocycles. The van der Waals surface area contributed by atoms with Crippen molar-refractivity contribution in [3.05, 3.63) is 94.6 Å². The van der Waals surface area contributed by atoms with E-state index in [0.717, 1.165) is 26.5 Å². The van der Waals surface area contributed by atoms with Crippen LogP contribution in [0.3, 0.4) is 0 Å². The maximum Gasteiger partial charge on any atom is 0.358 e. The van der Waals surface area contributed by atoms with Crippen molar-refractivity contribution in [2.45, 2.75) is 6.54 Å². The van der Waals surface area contributed by atoms with Gasteiger partial charge in [0.25, 0.3) is 0 Å². The Bertz CT molecular complexity index is 1120. The molecule has 3 aromatic carbocycles. The highest BCUT2D eigenvalue weighted by atomic mass is 79.9. The van der Waals surface area contributed by atoms with E-state index in [2.05, 4.69) is 46.3 Å². The fraction of sp³-hybridized carbons (Fsp3) is 0.0455. The molecule has 0 aliphatic rings. The Morgan fingerprint density at radius 2 is 1.63 bits per heavy atom. The highest BCUT2D eigenvalue weighted by molar-refractivity contribution is 9.10. The van der Waals surface area contributed by atoms with Crippen LogP contribution in [0.2, 0.25) is 0 Å². The molecule has 134 valence electrons. The summed E-state index contributed by atoms with van der Waals surface area (Å²) in [5, 5.41) is 0.988. The molecule has 5 heteroatoms. The number of fused-ring (bicyclic) bond motifs is 1. The van der Waals surface area contributed by atoms with E-state index in [0.29, 0.717) is 12.2 Å². The molecule has 0 amide bonds. The molecule has 1 heterocycles. The molecule has 0 radical (unpaired) electrons. The summed E-state index contributed by atoms with van der Waals surface area (Å²) in [6.07, 6.45) is 0. The molecule has 0 bridgehead atoms. The number of hydrogen-bond donors (Lipinski definition) is 0. The minimum Gasteiger partial charge on any atom is -0.447 e.